The molecule has 0 spiro atoms. The van der Waals surface area contributed by atoms with Gasteiger partial charge in [0, 0.05) is 10.7 Å². The van der Waals surface area contributed by atoms with E-state index in [1.54, 1.807) is 4.52 Å². The smallest absolute Gasteiger partial charge is 0.342 e. The summed E-state index contributed by atoms with van der Waals surface area (Å²) in [6.45, 7) is 5.99. The van der Waals surface area contributed by atoms with Crippen molar-refractivity contribution in [1.82, 2.24) is 9.61 Å². The fraction of sp³-hybridized carbons (Fsp3) is 0.385. The Morgan fingerprint density at radius 3 is 2.72 bits per heavy atom. The van der Waals surface area contributed by atoms with Gasteiger partial charge in [0.15, 0.2) is 0 Å². The van der Waals surface area contributed by atoms with E-state index >= 15 is 0 Å². The molecule has 0 saturated heterocycles. The molecule has 0 N–H and O–H groups in total. The topological polar surface area (TPSA) is 43.6 Å². The van der Waals surface area contributed by atoms with E-state index < -0.39 is 0 Å². The molecule has 0 aromatic carbocycles. The summed E-state index contributed by atoms with van der Waals surface area (Å²) in [5.74, 6) is -0.0452. The van der Waals surface area contributed by atoms with Crippen LogP contribution in [0.25, 0.3) is 5.52 Å². The Balaban J connectivity index is 2.86. The number of aromatic nitrogens is 2. The second-order valence-electron chi connectivity index (χ2n) is 4.51. The van der Waals surface area contributed by atoms with Crippen LogP contribution in [0, 0.1) is 6.92 Å². The van der Waals surface area contributed by atoms with E-state index in [1.165, 1.54) is 7.11 Å². The van der Waals surface area contributed by atoms with Crippen LogP contribution in [0.1, 0.15) is 41.4 Å². The first-order chi connectivity index (χ1) is 8.45. The van der Waals surface area contributed by atoms with Gasteiger partial charge < -0.3 is 4.74 Å². The lowest BCUT2D eigenvalue weighted by molar-refractivity contribution is 0.0602. The fourth-order valence-electron chi connectivity index (χ4n) is 2.08. The molecule has 2 rings (SSSR count). The molecule has 0 unspecified atom stereocenters. The summed E-state index contributed by atoms with van der Waals surface area (Å²) in [6.07, 6.45) is 1.85. The predicted octanol–water partition coefficient (Wildman–Crippen LogP) is 3.32. The van der Waals surface area contributed by atoms with Crippen molar-refractivity contribution in [2.75, 3.05) is 7.11 Å². The monoisotopic (exact) mass is 310 g/mol. The lowest BCUT2D eigenvalue weighted by Crippen LogP contribution is -2.04. The summed E-state index contributed by atoms with van der Waals surface area (Å²) in [5.41, 5.74) is 3.14. The molecule has 0 bridgehead atoms. The van der Waals surface area contributed by atoms with E-state index in [0.717, 1.165) is 15.6 Å². The van der Waals surface area contributed by atoms with Gasteiger partial charge in [0.25, 0.3) is 0 Å². The SMILES string of the molecule is COC(=O)c1c(C)nn2cc(Br)cc(C(C)C)c12. The molecule has 0 aliphatic carbocycles. The second kappa shape index (κ2) is 4.72. The van der Waals surface area contributed by atoms with Crippen molar-refractivity contribution >= 4 is 27.4 Å². The number of ether oxygens (including phenoxy) is 1. The van der Waals surface area contributed by atoms with Gasteiger partial charge in [-0.2, -0.15) is 5.10 Å². The lowest BCUT2D eigenvalue weighted by Gasteiger charge is -2.10. The van der Waals surface area contributed by atoms with Gasteiger partial charge in [0.2, 0.25) is 0 Å². The molecule has 0 aliphatic rings. The van der Waals surface area contributed by atoms with Gasteiger partial charge in [-0.3, -0.25) is 0 Å². The zero-order chi connectivity index (χ0) is 13.4. The minimum absolute atomic E-state index is 0.296. The minimum Gasteiger partial charge on any atom is -0.465 e. The van der Waals surface area contributed by atoms with E-state index in [0.29, 0.717) is 17.2 Å². The number of carbonyl (C=O) groups is 1. The third-order valence-electron chi connectivity index (χ3n) is 2.91. The number of pyridine rings is 1. The third kappa shape index (κ3) is 2.03. The van der Waals surface area contributed by atoms with Gasteiger partial charge >= 0.3 is 5.97 Å². The highest BCUT2D eigenvalue weighted by Gasteiger charge is 2.21. The Labute approximate surface area is 114 Å². The van der Waals surface area contributed by atoms with Gasteiger partial charge in [-0.05, 0) is 40.4 Å². The Morgan fingerprint density at radius 1 is 1.50 bits per heavy atom. The van der Waals surface area contributed by atoms with Crippen molar-refractivity contribution in [2.24, 2.45) is 0 Å². The van der Waals surface area contributed by atoms with Crippen LogP contribution in [0.5, 0.6) is 0 Å². The number of halogens is 1. The molecule has 5 heteroatoms. The highest BCUT2D eigenvalue weighted by atomic mass is 79.9. The zero-order valence-electron chi connectivity index (χ0n) is 10.8. The number of rotatable bonds is 2. The molecule has 18 heavy (non-hydrogen) atoms. The molecule has 0 aliphatic heterocycles. The first kappa shape index (κ1) is 13.1. The van der Waals surface area contributed by atoms with Crippen molar-refractivity contribution < 1.29 is 9.53 Å². The molecule has 0 amide bonds. The van der Waals surface area contributed by atoms with Crippen LogP contribution in [0.4, 0.5) is 0 Å². The Hall–Kier alpha value is -1.36. The number of methoxy groups -OCH3 is 1. The van der Waals surface area contributed by atoms with Crippen LogP contribution in [-0.4, -0.2) is 22.7 Å². The predicted molar refractivity (Wildman–Crippen MR) is 73.1 cm³/mol. The van der Waals surface area contributed by atoms with Gasteiger partial charge in [0.1, 0.15) is 5.56 Å². The molecule has 2 aromatic rings. The molecule has 2 heterocycles. The van der Waals surface area contributed by atoms with Gasteiger partial charge in [-0.1, -0.05) is 13.8 Å². The molecule has 0 radical (unpaired) electrons. The number of hydrogen-bond donors (Lipinski definition) is 0. The van der Waals surface area contributed by atoms with Crippen molar-refractivity contribution in [3.63, 3.8) is 0 Å². The van der Waals surface area contributed by atoms with Crippen LogP contribution in [0.15, 0.2) is 16.7 Å². The summed E-state index contributed by atoms with van der Waals surface area (Å²) in [5, 5.41) is 4.37. The van der Waals surface area contributed by atoms with Crippen LogP contribution in [0.2, 0.25) is 0 Å². The van der Waals surface area contributed by atoms with Crippen molar-refractivity contribution in [3.05, 3.63) is 33.6 Å². The number of nitrogens with zero attached hydrogens (tertiary/aromatic N) is 2. The van der Waals surface area contributed by atoms with Gasteiger partial charge in [-0.15, -0.1) is 0 Å². The van der Waals surface area contributed by atoms with E-state index in [2.05, 4.69) is 34.9 Å². The van der Waals surface area contributed by atoms with Crippen LogP contribution < -0.4 is 0 Å². The quantitative estimate of drug-likeness (QED) is 0.799. The van der Waals surface area contributed by atoms with Crippen molar-refractivity contribution in [3.8, 4) is 0 Å². The first-order valence-corrected chi connectivity index (χ1v) is 6.51. The maximum atomic E-state index is 11.9. The molecule has 0 atom stereocenters. The largest absolute Gasteiger partial charge is 0.465 e. The molecular formula is C13H15BrN2O2. The van der Waals surface area contributed by atoms with Crippen LogP contribution in [-0.2, 0) is 4.74 Å². The first-order valence-electron chi connectivity index (χ1n) is 5.72. The lowest BCUT2D eigenvalue weighted by atomic mass is 10.0. The molecule has 0 saturated carbocycles. The summed E-state index contributed by atoms with van der Waals surface area (Å²) in [6, 6.07) is 2.02. The van der Waals surface area contributed by atoms with E-state index in [1.807, 2.05) is 19.2 Å². The molecular weight excluding hydrogens is 296 g/mol. The van der Waals surface area contributed by atoms with Gasteiger partial charge in [0.05, 0.1) is 18.3 Å². The normalized spacial score (nSPS) is 11.2. The Bertz CT molecular complexity index is 617. The summed E-state index contributed by atoms with van der Waals surface area (Å²) >= 11 is 3.46. The second-order valence-corrected chi connectivity index (χ2v) is 5.43. The standard InChI is InChI=1S/C13H15BrN2O2/c1-7(2)10-5-9(14)6-16-12(10)11(8(3)15-16)13(17)18-4/h5-7H,1-4H3. The number of carbonyl (C=O) groups excluding carboxylic acids is 1. The molecule has 0 fully saturated rings. The van der Waals surface area contributed by atoms with Crippen LogP contribution in [0.3, 0.4) is 0 Å². The number of hydrogen-bond acceptors (Lipinski definition) is 3. The summed E-state index contributed by atoms with van der Waals surface area (Å²) in [7, 11) is 1.39. The number of fused-ring (bicyclic) bond motifs is 1. The fourth-order valence-corrected chi connectivity index (χ4v) is 2.52. The maximum absolute atomic E-state index is 11.9. The van der Waals surface area contributed by atoms with Crippen molar-refractivity contribution in [2.45, 2.75) is 26.7 Å². The number of aryl methyl sites for hydroxylation is 1. The van der Waals surface area contributed by atoms with E-state index in [4.69, 9.17) is 4.74 Å². The van der Waals surface area contributed by atoms with Crippen molar-refractivity contribution in [1.29, 1.82) is 0 Å². The highest BCUT2D eigenvalue weighted by molar-refractivity contribution is 9.10. The zero-order valence-corrected chi connectivity index (χ0v) is 12.4. The minimum atomic E-state index is -0.341. The van der Waals surface area contributed by atoms with Crippen LogP contribution >= 0.6 is 15.9 Å². The number of esters is 1. The summed E-state index contributed by atoms with van der Waals surface area (Å²) < 4.78 is 7.52. The Kier molecular flexibility index (Phi) is 3.43. The van der Waals surface area contributed by atoms with E-state index in [9.17, 15) is 4.79 Å². The highest BCUT2D eigenvalue weighted by Crippen LogP contribution is 2.28. The third-order valence-corrected chi connectivity index (χ3v) is 3.34. The van der Waals surface area contributed by atoms with Gasteiger partial charge in [-0.25, -0.2) is 9.31 Å². The average Bonchev–Trinajstić information content (AvgIpc) is 2.62. The molecule has 2 aromatic heterocycles. The molecule has 4 nitrogen and oxygen atoms in total. The summed E-state index contributed by atoms with van der Waals surface area (Å²) in [4.78, 5) is 11.9. The average molecular weight is 311 g/mol. The Morgan fingerprint density at radius 2 is 2.17 bits per heavy atom. The molecule has 96 valence electrons. The maximum Gasteiger partial charge on any atom is 0.342 e. The van der Waals surface area contributed by atoms with E-state index in [-0.39, 0.29) is 5.97 Å².